The van der Waals surface area contributed by atoms with Crippen LogP contribution in [0.2, 0.25) is 0 Å². The summed E-state index contributed by atoms with van der Waals surface area (Å²) in [7, 11) is 0. The Hall–Kier alpha value is -2.95. The van der Waals surface area contributed by atoms with Crippen molar-refractivity contribution in [1.29, 1.82) is 0 Å². The van der Waals surface area contributed by atoms with Crippen molar-refractivity contribution in [3.63, 3.8) is 0 Å². The molecule has 0 saturated heterocycles. The van der Waals surface area contributed by atoms with Crippen molar-refractivity contribution in [2.45, 2.75) is 0 Å². The lowest BCUT2D eigenvalue weighted by atomic mass is 10.1. The molecular weight excluding hydrogens is 307 g/mol. The second-order valence-electron chi connectivity index (χ2n) is 5.66. The summed E-state index contributed by atoms with van der Waals surface area (Å²) in [5.41, 5.74) is 1.02. The zero-order valence-electron chi connectivity index (χ0n) is 13.1. The Morgan fingerprint density at radius 3 is 2.04 bits per heavy atom. The molecule has 5 heteroatoms. The summed E-state index contributed by atoms with van der Waals surface area (Å²) in [4.78, 5) is 28.0. The van der Waals surface area contributed by atoms with Crippen molar-refractivity contribution in [2.75, 3.05) is 19.8 Å². The van der Waals surface area contributed by atoms with E-state index < -0.39 is 5.82 Å². The molecule has 0 amide bonds. The monoisotopic (exact) mass is 324 g/mol. The second kappa shape index (κ2) is 7.08. The molecule has 3 rings (SSSR count). The maximum Gasteiger partial charge on any atom is 0.182 e. The average Bonchev–Trinajstić information content (AvgIpc) is 3.02. The first kappa shape index (κ1) is 15.9. The molecule has 0 fully saturated rings. The molecule has 0 atom stereocenters. The van der Waals surface area contributed by atoms with Gasteiger partial charge >= 0.3 is 0 Å². The van der Waals surface area contributed by atoms with Gasteiger partial charge in [-0.3, -0.25) is 9.59 Å². The zero-order valence-corrected chi connectivity index (χ0v) is 13.1. The van der Waals surface area contributed by atoms with Crippen molar-refractivity contribution in [3.8, 4) is 0 Å². The van der Waals surface area contributed by atoms with Gasteiger partial charge in [0.15, 0.2) is 11.6 Å². The molecule has 0 unspecified atom stereocenters. The fourth-order valence-electron chi connectivity index (χ4n) is 2.56. The number of carbonyl (C=O) groups excluding carboxylic acids is 2. The van der Waals surface area contributed by atoms with Crippen LogP contribution in [0.1, 0.15) is 20.7 Å². The number of rotatable bonds is 6. The average molecular weight is 324 g/mol. The summed E-state index contributed by atoms with van der Waals surface area (Å²) < 4.78 is 13.2. The number of hydrogen-bond donors (Lipinski definition) is 0. The quantitative estimate of drug-likeness (QED) is 0.766. The molecule has 1 aliphatic heterocycles. The third-order valence-electron chi connectivity index (χ3n) is 3.79. The van der Waals surface area contributed by atoms with Crippen LogP contribution in [-0.2, 0) is 0 Å². The topological polar surface area (TPSA) is 40.6 Å². The largest absolute Gasteiger partial charge is 0.351 e. The molecule has 0 N–H and O–H groups in total. The fourth-order valence-corrected chi connectivity index (χ4v) is 2.56. The van der Waals surface area contributed by atoms with Gasteiger partial charge in [-0.25, -0.2) is 4.39 Å². The van der Waals surface area contributed by atoms with Gasteiger partial charge < -0.3 is 9.80 Å². The van der Waals surface area contributed by atoms with Crippen LogP contribution in [0.5, 0.6) is 0 Å². The predicted molar refractivity (Wildman–Crippen MR) is 88.9 cm³/mol. The van der Waals surface area contributed by atoms with Gasteiger partial charge in [0.25, 0.3) is 0 Å². The molecule has 0 saturated carbocycles. The first-order valence-electron chi connectivity index (χ1n) is 7.65. The highest BCUT2D eigenvalue weighted by molar-refractivity contribution is 5.98. The number of Topliss-reactive ketones (excluding diaryl/α,β-unsaturated/α-hetero) is 2. The van der Waals surface area contributed by atoms with Gasteiger partial charge in [0, 0.05) is 23.5 Å². The number of halogens is 1. The van der Waals surface area contributed by atoms with E-state index in [-0.39, 0.29) is 24.7 Å². The fraction of sp³-hybridized carbons (Fsp3) is 0.158. The molecule has 4 nitrogen and oxygen atoms in total. The highest BCUT2D eigenvalue weighted by Gasteiger charge is 2.18. The number of ketones is 2. The molecule has 1 aliphatic rings. The highest BCUT2D eigenvalue weighted by Crippen LogP contribution is 2.11. The molecule has 2 aromatic carbocycles. The smallest absolute Gasteiger partial charge is 0.182 e. The third-order valence-corrected chi connectivity index (χ3v) is 3.79. The van der Waals surface area contributed by atoms with E-state index in [2.05, 4.69) is 0 Å². The number of nitrogens with zero attached hydrogens (tertiary/aromatic N) is 2. The highest BCUT2D eigenvalue weighted by atomic mass is 19.1. The van der Waals surface area contributed by atoms with Crippen LogP contribution in [0.15, 0.2) is 67.0 Å². The summed E-state index contributed by atoms with van der Waals surface area (Å²) in [6.07, 6.45) is 3.56. The van der Waals surface area contributed by atoms with E-state index in [1.807, 2.05) is 23.1 Å². The molecule has 24 heavy (non-hydrogen) atoms. The summed E-state index contributed by atoms with van der Waals surface area (Å²) in [5.74, 6) is -0.554. The van der Waals surface area contributed by atoms with Gasteiger partial charge in [0.2, 0.25) is 0 Å². The van der Waals surface area contributed by atoms with Gasteiger partial charge in [0.05, 0.1) is 19.8 Å². The maximum absolute atomic E-state index is 13.2. The van der Waals surface area contributed by atoms with Crippen LogP contribution < -0.4 is 0 Å². The first-order chi connectivity index (χ1) is 11.6. The Balaban J connectivity index is 1.54. The van der Waals surface area contributed by atoms with Gasteiger partial charge in [-0.1, -0.05) is 42.5 Å². The standard InChI is InChI=1S/C19H17FN2O2/c20-17-8-4-7-16(11-17)19(24)13-22-10-9-21(14-22)12-18(23)15-5-2-1-3-6-15/h1-11H,12-14H2. The molecule has 0 aromatic heterocycles. The Bertz CT molecular complexity index is 774. The molecule has 2 aromatic rings. The molecule has 1 heterocycles. The Labute approximate surface area is 139 Å². The predicted octanol–water partition coefficient (Wildman–Crippen LogP) is 2.94. The summed E-state index contributed by atoms with van der Waals surface area (Å²) >= 11 is 0. The summed E-state index contributed by atoms with van der Waals surface area (Å²) in [5, 5.41) is 0. The summed E-state index contributed by atoms with van der Waals surface area (Å²) in [6.45, 7) is 0.862. The lowest BCUT2D eigenvalue weighted by Gasteiger charge is -2.20. The molecular formula is C19H17FN2O2. The van der Waals surface area contributed by atoms with Crippen LogP contribution >= 0.6 is 0 Å². The number of carbonyl (C=O) groups is 2. The van der Waals surface area contributed by atoms with Crippen molar-refractivity contribution in [2.24, 2.45) is 0 Å². The van der Waals surface area contributed by atoms with Crippen molar-refractivity contribution in [3.05, 3.63) is 83.9 Å². The Morgan fingerprint density at radius 1 is 0.833 bits per heavy atom. The zero-order chi connectivity index (χ0) is 16.9. The van der Waals surface area contributed by atoms with Gasteiger partial charge in [-0.15, -0.1) is 0 Å². The van der Waals surface area contributed by atoms with Crippen LogP contribution in [0, 0.1) is 5.82 Å². The van der Waals surface area contributed by atoms with E-state index in [9.17, 15) is 14.0 Å². The molecule has 0 bridgehead atoms. The number of benzene rings is 2. The third kappa shape index (κ3) is 3.87. The minimum absolute atomic E-state index is 0.0264. The van der Waals surface area contributed by atoms with E-state index in [0.717, 1.165) is 0 Å². The van der Waals surface area contributed by atoms with E-state index in [1.54, 1.807) is 35.5 Å². The maximum atomic E-state index is 13.2. The van der Waals surface area contributed by atoms with E-state index in [0.29, 0.717) is 17.8 Å². The molecule has 122 valence electrons. The lowest BCUT2D eigenvalue weighted by molar-refractivity contribution is 0.0920. The second-order valence-corrected chi connectivity index (χ2v) is 5.66. The SMILES string of the molecule is O=C(CN1C=CN(CC(=O)c2cccc(F)c2)C1)c1ccccc1. The van der Waals surface area contributed by atoms with Gasteiger partial charge in [-0.05, 0) is 12.1 Å². The van der Waals surface area contributed by atoms with Gasteiger partial charge in [0.1, 0.15) is 5.82 Å². The Morgan fingerprint density at radius 2 is 1.42 bits per heavy atom. The van der Waals surface area contributed by atoms with E-state index in [1.165, 1.54) is 18.2 Å². The van der Waals surface area contributed by atoms with Crippen LogP contribution in [0.4, 0.5) is 4.39 Å². The van der Waals surface area contributed by atoms with E-state index >= 15 is 0 Å². The van der Waals surface area contributed by atoms with Gasteiger partial charge in [-0.2, -0.15) is 0 Å². The van der Waals surface area contributed by atoms with Crippen molar-refractivity contribution in [1.82, 2.24) is 9.80 Å². The van der Waals surface area contributed by atoms with Crippen molar-refractivity contribution < 1.29 is 14.0 Å². The van der Waals surface area contributed by atoms with Crippen molar-refractivity contribution >= 4 is 11.6 Å². The number of hydrogen-bond acceptors (Lipinski definition) is 4. The minimum Gasteiger partial charge on any atom is -0.351 e. The molecule has 0 radical (unpaired) electrons. The lowest BCUT2D eigenvalue weighted by Crippen LogP contribution is -2.32. The molecule has 0 aliphatic carbocycles. The van der Waals surface area contributed by atoms with Crippen LogP contribution in [0.3, 0.4) is 0 Å². The molecule has 0 spiro atoms. The van der Waals surface area contributed by atoms with Crippen LogP contribution in [-0.4, -0.2) is 41.1 Å². The Kier molecular flexibility index (Phi) is 4.70. The van der Waals surface area contributed by atoms with E-state index in [4.69, 9.17) is 0 Å². The van der Waals surface area contributed by atoms with Crippen LogP contribution in [0.25, 0.3) is 0 Å². The minimum atomic E-state index is -0.423. The first-order valence-corrected chi connectivity index (χ1v) is 7.65. The summed E-state index contributed by atoms with van der Waals surface area (Å²) in [6, 6.07) is 14.8. The normalized spacial score (nSPS) is 13.4.